The van der Waals surface area contributed by atoms with E-state index in [0.29, 0.717) is 24.5 Å². The number of fused-ring (bicyclic) bond motifs is 2. The molecule has 2 aliphatic heterocycles. The Morgan fingerprint density at radius 2 is 2.07 bits per heavy atom. The van der Waals surface area contributed by atoms with Crippen LogP contribution in [0.25, 0.3) is 11.3 Å². The molecular weight excluding hydrogens is 372 g/mol. The Balaban J connectivity index is 1.59. The molecular formula is C22H22N2O5. The third-order valence-electron chi connectivity index (χ3n) is 5.15. The van der Waals surface area contributed by atoms with Crippen LogP contribution in [0.5, 0.6) is 0 Å². The number of anilines is 1. The maximum absolute atomic E-state index is 12.5. The molecule has 2 aromatic rings. The lowest BCUT2D eigenvalue weighted by Gasteiger charge is -2.19. The van der Waals surface area contributed by atoms with Crippen molar-refractivity contribution in [3.05, 3.63) is 64.7 Å². The van der Waals surface area contributed by atoms with Crippen molar-refractivity contribution >= 4 is 28.9 Å². The van der Waals surface area contributed by atoms with Crippen LogP contribution in [-0.4, -0.2) is 36.2 Å². The van der Waals surface area contributed by atoms with Gasteiger partial charge < -0.3 is 19.9 Å². The maximum Gasteiger partial charge on any atom is 0.325 e. The molecule has 2 aromatic carbocycles. The van der Waals surface area contributed by atoms with E-state index in [1.54, 1.807) is 0 Å². The molecule has 0 spiro atoms. The van der Waals surface area contributed by atoms with Gasteiger partial charge in [-0.2, -0.15) is 0 Å². The number of benzene rings is 2. The van der Waals surface area contributed by atoms with Crippen molar-refractivity contribution in [1.82, 2.24) is 5.32 Å². The van der Waals surface area contributed by atoms with E-state index in [2.05, 4.69) is 10.6 Å². The smallest absolute Gasteiger partial charge is 0.325 e. The van der Waals surface area contributed by atoms with Gasteiger partial charge in [-0.3, -0.25) is 14.9 Å². The van der Waals surface area contributed by atoms with E-state index in [-0.39, 0.29) is 5.91 Å². The Bertz CT molecular complexity index is 1010. The molecule has 2 aliphatic rings. The van der Waals surface area contributed by atoms with Gasteiger partial charge in [0.15, 0.2) is 0 Å². The fourth-order valence-corrected chi connectivity index (χ4v) is 3.68. The highest BCUT2D eigenvalue weighted by atomic mass is 16.5. The van der Waals surface area contributed by atoms with Gasteiger partial charge in [0.2, 0.25) is 0 Å². The molecule has 0 fully saturated rings. The number of amides is 1. The first kappa shape index (κ1) is 19.2. The number of nitrogens with one attached hydrogen (secondary N) is 2. The van der Waals surface area contributed by atoms with Crippen molar-refractivity contribution in [2.45, 2.75) is 32.2 Å². The summed E-state index contributed by atoms with van der Waals surface area (Å²) in [4.78, 5) is 24.3. The Hall–Kier alpha value is -3.16. The largest absolute Gasteiger partial charge is 0.487 e. The lowest BCUT2D eigenvalue weighted by Crippen LogP contribution is -2.45. The van der Waals surface area contributed by atoms with Gasteiger partial charge in [-0.1, -0.05) is 36.4 Å². The van der Waals surface area contributed by atoms with Gasteiger partial charge in [0.1, 0.15) is 18.4 Å². The molecule has 0 aliphatic carbocycles. The first-order valence-corrected chi connectivity index (χ1v) is 9.39. The van der Waals surface area contributed by atoms with Crippen LogP contribution in [0, 0.1) is 0 Å². The predicted octanol–water partition coefficient (Wildman–Crippen LogP) is 2.05. The fraction of sp³-hybridized carbons (Fsp3) is 0.273. The summed E-state index contributed by atoms with van der Waals surface area (Å²) in [7, 11) is 1.29. The molecule has 7 heteroatoms. The summed E-state index contributed by atoms with van der Waals surface area (Å²) in [5.41, 5.74) is 4.95. The average molecular weight is 394 g/mol. The number of methoxy groups -OCH3 is 1. The number of carbonyl (C=O) groups excluding carboxylic acids is 2. The molecule has 0 saturated carbocycles. The van der Waals surface area contributed by atoms with E-state index in [4.69, 9.17) is 9.47 Å². The second kappa shape index (κ2) is 7.69. The molecule has 1 amide bonds. The number of esters is 1. The molecule has 29 heavy (non-hydrogen) atoms. The van der Waals surface area contributed by atoms with E-state index in [1.807, 2.05) is 42.5 Å². The van der Waals surface area contributed by atoms with Gasteiger partial charge >= 0.3 is 5.97 Å². The minimum atomic E-state index is -0.877. The molecule has 2 atom stereocenters. The summed E-state index contributed by atoms with van der Waals surface area (Å²) in [5, 5.41) is 15.7. The van der Waals surface area contributed by atoms with Crippen LogP contribution in [0.4, 0.5) is 5.69 Å². The number of carbonyl (C=O) groups is 2. The van der Waals surface area contributed by atoms with Crippen molar-refractivity contribution in [2.24, 2.45) is 0 Å². The summed E-state index contributed by atoms with van der Waals surface area (Å²) in [6, 6.07) is 12.5. The first-order valence-electron chi connectivity index (χ1n) is 9.39. The van der Waals surface area contributed by atoms with Crippen LogP contribution < -0.4 is 10.6 Å². The zero-order valence-electron chi connectivity index (χ0n) is 16.2. The molecule has 7 nitrogen and oxygen atoms in total. The highest BCUT2D eigenvalue weighted by Gasteiger charge is 2.32. The van der Waals surface area contributed by atoms with Crippen molar-refractivity contribution in [3.63, 3.8) is 0 Å². The molecule has 0 aromatic heterocycles. The van der Waals surface area contributed by atoms with Crippen LogP contribution in [-0.2, 0) is 32.2 Å². The third-order valence-corrected chi connectivity index (χ3v) is 5.15. The van der Waals surface area contributed by atoms with Crippen LogP contribution in [0.2, 0.25) is 0 Å². The second-order valence-corrected chi connectivity index (χ2v) is 7.11. The van der Waals surface area contributed by atoms with Gasteiger partial charge in [-0.25, -0.2) is 0 Å². The molecule has 4 rings (SSSR count). The minimum absolute atomic E-state index is 0.169. The van der Waals surface area contributed by atoms with Gasteiger partial charge in [-0.15, -0.1) is 0 Å². The summed E-state index contributed by atoms with van der Waals surface area (Å²) in [6.07, 6.45) is -0.877. The highest BCUT2D eigenvalue weighted by Crippen LogP contribution is 2.41. The van der Waals surface area contributed by atoms with Crippen LogP contribution in [0.1, 0.15) is 29.2 Å². The molecule has 0 bridgehead atoms. The molecule has 0 saturated heterocycles. The van der Waals surface area contributed by atoms with Gasteiger partial charge in [0, 0.05) is 28.9 Å². The summed E-state index contributed by atoms with van der Waals surface area (Å²) in [6.45, 7) is 2.29. The number of aliphatic hydroxyl groups is 1. The number of hydrogen-bond donors (Lipinski definition) is 3. The molecule has 0 unspecified atom stereocenters. The Kier molecular flexibility index (Phi) is 5.08. The Morgan fingerprint density at radius 3 is 2.83 bits per heavy atom. The summed E-state index contributed by atoms with van der Waals surface area (Å²) < 4.78 is 10.6. The van der Waals surface area contributed by atoms with Gasteiger partial charge in [0.05, 0.1) is 18.8 Å². The highest BCUT2D eigenvalue weighted by molar-refractivity contribution is 6.36. The average Bonchev–Trinajstić information content (AvgIpc) is 3.26. The number of ether oxygens (including phenoxy) is 2. The van der Waals surface area contributed by atoms with E-state index in [9.17, 15) is 14.7 Å². The number of para-hydroxylation sites is 1. The fourth-order valence-electron chi connectivity index (χ4n) is 3.68. The minimum Gasteiger partial charge on any atom is -0.487 e. The topological polar surface area (TPSA) is 96.9 Å². The second-order valence-electron chi connectivity index (χ2n) is 7.11. The monoisotopic (exact) mass is 394 g/mol. The van der Waals surface area contributed by atoms with Crippen molar-refractivity contribution in [1.29, 1.82) is 0 Å². The van der Waals surface area contributed by atoms with Crippen LogP contribution in [0.3, 0.4) is 0 Å². The maximum atomic E-state index is 12.5. The van der Waals surface area contributed by atoms with Crippen LogP contribution >= 0.6 is 0 Å². The van der Waals surface area contributed by atoms with Gasteiger partial charge in [-0.05, 0) is 18.6 Å². The normalized spacial score (nSPS) is 19.1. The lowest BCUT2D eigenvalue weighted by atomic mass is 9.99. The van der Waals surface area contributed by atoms with E-state index >= 15 is 0 Å². The summed E-state index contributed by atoms with van der Waals surface area (Å²) in [5.74, 6) is -0.0987. The zero-order chi connectivity index (χ0) is 20.5. The zero-order valence-corrected chi connectivity index (χ0v) is 16.2. The molecule has 2 heterocycles. The van der Waals surface area contributed by atoms with E-state index < -0.39 is 18.1 Å². The Labute approximate surface area is 168 Å². The van der Waals surface area contributed by atoms with Crippen molar-refractivity contribution in [3.8, 4) is 0 Å². The molecule has 3 N–H and O–H groups in total. The van der Waals surface area contributed by atoms with Crippen LogP contribution in [0.15, 0.2) is 42.5 Å². The van der Waals surface area contributed by atoms with Gasteiger partial charge in [0.25, 0.3) is 5.91 Å². The number of rotatable bonds is 5. The number of aliphatic hydroxyl groups excluding tert-OH is 1. The lowest BCUT2D eigenvalue weighted by molar-refractivity contribution is -0.145. The Morgan fingerprint density at radius 1 is 1.28 bits per heavy atom. The molecule has 150 valence electrons. The number of hydrogen-bond acceptors (Lipinski definition) is 6. The molecule has 0 radical (unpaired) electrons. The van der Waals surface area contributed by atoms with E-state index in [0.717, 1.165) is 27.9 Å². The first-order chi connectivity index (χ1) is 14.0. The SMILES string of the molecule is COC(=O)[C@@H](NCc1ccc2c(c1)COC2=C1C(=O)Nc2ccccc21)[C@@H](C)O. The predicted molar refractivity (Wildman–Crippen MR) is 107 cm³/mol. The quantitative estimate of drug-likeness (QED) is 0.531. The van der Waals surface area contributed by atoms with Crippen molar-refractivity contribution in [2.75, 3.05) is 12.4 Å². The standard InChI is InChI=1S/C22H22N2O5/c1-12(25)19(22(27)28-2)23-10-13-7-8-15-14(9-13)11-29-20(15)18-16-5-3-4-6-17(16)24-21(18)26/h3-9,12,19,23,25H,10-11H2,1-2H3,(H,24,26)/t12-,19+/m1/s1. The summed E-state index contributed by atoms with van der Waals surface area (Å²) >= 11 is 0. The van der Waals surface area contributed by atoms with Crippen molar-refractivity contribution < 1.29 is 24.2 Å². The third kappa shape index (κ3) is 3.50. The van der Waals surface area contributed by atoms with E-state index in [1.165, 1.54) is 14.0 Å².